The van der Waals surface area contributed by atoms with Crippen LogP contribution in [0.2, 0.25) is 0 Å². The first-order valence-electron chi connectivity index (χ1n) is 7.38. The smallest absolute Gasteiger partial charge is 0.329 e. The Morgan fingerprint density at radius 1 is 1.29 bits per heavy atom. The summed E-state index contributed by atoms with van der Waals surface area (Å²) < 4.78 is 4.85. The van der Waals surface area contributed by atoms with Crippen LogP contribution in [0.4, 0.5) is 4.79 Å². The maximum atomic E-state index is 12.6. The molecule has 0 aromatic carbocycles. The largest absolute Gasteiger partial charge is 0.479 e. The van der Waals surface area contributed by atoms with E-state index in [2.05, 4.69) is 0 Å². The third-order valence-electron chi connectivity index (χ3n) is 3.98. The molecule has 1 aliphatic rings. The van der Waals surface area contributed by atoms with Gasteiger partial charge in [0.25, 0.3) is 0 Å². The van der Waals surface area contributed by atoms with Crippen LogP contribution in [0.3, 0.4) is 0 Å². The quantitative estimate of drug-likeness (QED) is 0.748. The number of hydrogen-bond acceptors (Lipinski definition) is 4. The number of rotatable bonds is 6. The maximum absolute atomic E-state index is 12.6. The van der Waals surface area contributed by atoms with Crippen molar-refractivity contribution in [3.63, 3.8) is 0 Å². The third-order valence-corrected chi connectivity index (χ3v) is 3.98. The van der Waals surface area contributed by atoms with Crippen LogP contribution in [0, 0.1) is 0 Å². The van der Waals surface area contributed by atoms with Gasteiger partial charge in [-0.2, -0.15) is 0 Å². The first-order valence-corrected chi connectivity index (χ1v) is 7.38. The van der Waals surface area contributed by atoms with Gasteiger partial charge in [0.15, 0.2) is 0 Å². The van der Waals surface area contributed by atoms with Gasteiger partial charge >= 0.3 is 18.0 Å². The topological polar surface area (TPSA) is 87.2 Å². The van der Waals surface area contributed by atoms with Gasteiger partial charge < -0.3 is 19.6 Å². The minimum absolute atomic E-state index is 0.154. The average molecular weight is 300 g/mol. The molecule has 1 saturated heterocycles. The lowest BCUT2D eigenvalue weighted by molar-refractivity contribution is -0.148. The summed E-state index contributed by atoms with van der Waals surface area (Å²) in [5.74, 6) is -1.47. The van der Waals surface area contributed by atoms with E-state index in [1.807, 2.05) is 0 Å². The maximum Gasteiger partial charge on any atom is 0.329 e. The van der Waals surface area contributed by atoms with Crippen molar-refractivity contribution >= 4 is 18.0 Å². The molecule has 0 aliphatic carbocycles. The summed E-state index contributed by atoms with van der Waals surface area (Å²) in [6.07, 6.45) is 1.45. The molecule has 2 amide bonds. The van der Waals surface area contributed by atoms with Crippen LogP contribution in [-0.4, -0.2) is 64.7 Å². The molecule has 120 valence electrons. The molecule has 7 heteroatoms. The van der Waals surface area contributed by atoms with Crippen LogP contribution in [0.15, 0.2) is 0 Å². The first kappa shape index (κ1) is 17.3. The van der Waals surface area contributed by atoms with Gasteiger partial charge in [0.2, 0.25) is 0 Å². The Morgan fingerprint density at radius 2 is 1.95 bits per heavy atom. The van der Waals surface area contributed by atoms with Crippen LogP contribution >= 0.6 is 0 Å². The van der Waals surface area contributed by atoms with Crippen LogP contribution in [0.25, 0.3) is 0 Å². The fourth-order valence-electron chi connectivity index (χ4n) is 2.75. The molecular weight excluding hydrogens is 276 g/mol. The Bertz CT molecular complexity index is 412. The lowest BCUT2D eigenvalue weighted by Gasteiger charge is -2.37. The Labute approximate surface area is 124 Å². The molecule has 0 radical (unpaired) electrons. The second-order valence-corrected chi connectivity index (χ2v) is 5.05. The van der Waals surface area contributed by atoms with Crippen LogP contribution in [-0.2, 0) is 14.3 Å². The summed E-state index contributed by atoms with van der Waals surface area (Å²) >= 11 is 0. The zero-order chi connectivity index (χ0) is 16.0. The van der Waals surface area contributed by atoms with E-state index in [-0.39, 0.29) is 13.2 Å². The molecule has 0 aromatic rings. The van der Waals surface area contributed by atoms with Gasteiger partial charge in [-0.25, -0.2) is 9.59 Å². The van der Waals surface area contributed by atoms with E-state index in [1.165, 1.54) is 9.80 Å². The first-order chi connectivity index (χ1) is 9.92. The zero-order valence-electron chi connectivity index (χ0n) is 12.9. The van der Waals surface area contributed by atoms with Crippen molar-refractivity contribution < 1.29 is 24.2 Å². The van der Waals surface area contributed by atoms with Gasteiger partial charge in [0.05, 0.1) is 6.61 Å². The number of carbonyl (C=O) groups excluding carboxylic acids is 2. The van der Waals surface area contributed by atoms with Gasteiger partial charge in [-0.3, -0.25) is 4.79 Å². The zero-order valence-corrected chi connectivity index (χ0v) is 12.9. The number of carboxylic acids is 1. The third kappa shape index (κ3) is 3.46. The number of amides is 2. The van der Waals surface area contributed by atoms with Crippen LogP contribution in [0.5, 0.6) is 0 Å². The number of carboxylic acid groups (broad SMARTS) is 1. The molecule has 0 spiro atoms. The standard InChI is InChI=1S/C14H24N2O5/c1-4-14(12(18)19)8-7-9-16(14)13(20)15(5-2)10-11(17)21-6-3/h4-10H2,1-3H3,(H,18,19). The SMILES string of the molecule is CCOC(=O)CN(CC)C(=O)N1CCCC1(CC)C(=O)O. The summed E-state index contributed by atoms with van der Waals surface area (Å²) in [6.45, 7) is 6.04. The molecule has 7 nitrogen and oxygen atoms in total. The van der Waals surface area contributed by atoms with Gasteiger partial charge in [-0.15, -0.1) is 0 Å². The number of aliphatic carboxylic acids is 1. The molecule has 0 aromatic heterocycles. The molecular formula is C14H24N2O5. The predicted octanol–water partition coefficient (Wildman–Crippen LogP) is 1.32. The van der Waals surface area contributed by atoms with Crippen molar-refractivity contribution in [2.75, 3.05) is 26.2 Å². The van der Waals surface area contributed by atoms with E-state index >= 15 is 0 Å². The Kier molecular flexibility index (Phi) is 5.99. The fraction of sp³-hybridized carbons (Fsp3) is 0.786. The normalized spacial score (nSPS) is 21.2. The molecule has 0 bridgehead atoms. The molecule has 1 N–H and O–H groups in total. The van der Waals surface area contributed by atoms with Crippen molar-refractivity contribution in [2.45, 2.75) is 45.6 Å². The summed E-state index contributed by atoms with van der Waals surface area (Å²) in [5.41, 5.74) is -1.15. The molecule has 1 rings (SSSR count). The Balaban J connectivity index is 2.88. The van der Waals surface area contributed by atoms with Crippen molar-refractivity contribution in [3.8, 4) is 0 Å². The molecule has 1 unspecified atom stereocenters. The van der Waals surface area contributed by atoms with E-state index in [9.17, 15) is 19.5 Å². The fourth-order valence-corrected chi connectivity index (χ4v) is 2.75. The summed E-state index contributed by atoms with van der Waals surface area (Å²) in [5, 5.41) is 9.50. The number of esters is 1. The number of likely N-dealkylation sites (tertiary alicyclic amines) is 1. The lowest BCUT2D eigenvalue weighted by Crippen LogP contribution is -2.57. The van der Waals surface area contributed by atoms with E-state index in [1.54, 1.807) is 20.8 Å². The van der Waals surface area contributed by atoms with Crippen LogP contribution < -0.4 is 0 Å². The second-order valence-electron chi connectivity index (χ2n) is 5.05. The van der Waals surface area contributed by atoms with Crippen LogP contribution in [0.1, 0.15) is 40.0 Å². The minimum atomic E-state index is -1.15. The molecule has 1 fully saturated rings. The number of ether oxygens (including phenoxy) is 1. The monoisotopic (exact) mass is 300 g/mol. The number of nitrogens with zero attached hydrogens (tertiary/aromatic N) is 2. The van der Waals surface area contributed by atoms with Crippen molar-refractivity contribution in [3.05, 3.63) is 0 Å². The van der Waals surface area contributed by atoms with E-state index < -0.39 is 23.5 Å². The summed E-state index contributed by atoms with van der Waals surface area (Å²) in [6, 6.07) is -0.410. The highest BCUT2D eigenvalue weighted by Gasteiger charge is 2.49. The number of hydrogen-bond donors (Lipinski definition) is 1. The highest BCUT2D eigenvalue weighted by atomic mass is 16.5. The molecule has 0 saturated carbocycles. The average Bonchev–Trinajstić information content (AvgIpc) is 2.89. The molecule has 21 heavy (non-hydrogen) atoms. The Morgan fingerprint density at radius 3 is 2.43 bits per heavy atom. The van der Waals surface area contributed by atoms with Crippen molar-refractivity contribution in [1.29, 1.82) is 0 Å². The highest BCUT2D eigenvalue weighted by Crippen LogP contribution is 2.33. The minimum Gasteiger partial charge on any atom is -0.479 e. The number of likely N-dealkylation sites (N-methyl/N-ethyl adjacent to an activating group) is 1. The molecule has 1 aliphatic heterocycles. The molecule has 1 heterocycles. The number of carbonyl (C=O) groups is 3. The Hall–Kier alpha value is -1.79. The van der Waals surface area contributed by atoms with Gasteiger partial charge in [-0.1, -0.05) is 6.92 Å². The summed E-state index contributed by atoms with van der Waals surface area (Å²) in [7, 11) is 0. The van der Waals surface area contributed by atoms with Crippen molar-refractivity contribution in [2.24, 2.45) is 0 Å². The van der Waals surface area contributed by atoms with Crippen molar-refractivity contribution in [1.82, 2.24) is 9.80 Å². The predicted molar refractivity (Wildman–Crippen MR) is 75.9 cm³/mol. The van der Waals surface area contributed by atoms with E-state index in [0.717, 1.165) is 0 Å². The van der Waals surface area contributed by atoms with Gasteiger partial charge in [0.1, 0.15) is 12.1 Å². The van der Waals surface area contributed by atoms with Gasteiger partial charge in [0, 0.05) is 13.1 Å². The van der Waals surface area contributed by atoms with Gasteiger partial charge in [-0.05, 0) is 33.1 Å². The van der Waals surface area contributed by atoms with E-state index in [0.29, 0.717) is 32.4 Å². The molecule has 1 atom stereocenters. The summed E-state index contributed by atoms with van der Waals surface area (Å²) in [4.78, 5) is 38.4. The van der Waals surface area contributed by atoms with E-state index in [4.69, 9.17) is 4.74 Å². The number of urea groups is 1. The highest BCUT2D eigenvalue weighted by molar-refractivity contribution is 5.88. The second kappa shape index (κ2) is 7.28. The lowest BCUT2D eigenvalue weighted by atomic mass is 9.93.